The summed E-state index contributed by atoms with van der Waals surface area (Å²) < 4.78 is 0. The largest absolute Gasteiger partial charge is 0.397 e. The summed E-state index contributed by atoms with van der Waals surface area (Å²) in [7, 11) is 1.70. The molecule has 0 radical (unpaired) electrons. The first-order valence-corrected chi connectivity index (χ1v) is 6.88. The highest BCUT2D eigenvalue weighted by molar-refractivity contribution is 6.29. The van der Waals surface area contributed by atoms with Crippen LogP contribution in [0, 0.1) is 0 Å². The van der Waals surface area contributed by atoms with Gasteiger partial charge in [-0.3, -0.25) is 4.79 Å². The molecule has 0 saturated heterocycles. The monoisotopic (exact) mass is 303 g/mol. The number of pyridine rings is 2. The number of hydrogen-bond acceptors (Lipinski definition) is 5. The smallest absolute Gasteiger partial charge is 0.261 e. The van der Waals surface area contributed by atoms with Crippen LogP contribution in [-0.2, 0) is 0 Å². The number of halogens is 1. The molecule has 1 aliphatic heterocycles. The van der Waals surface area contributed by atoms with E-state index in [2.05, 4.69) is 9.97 Å². The van der Waals surface area contributed by atoms with Gasteiger partial charge in [-0.25, -0.2) is 9.97 Å². The zero-order chi connectivity index (χ0) is 15.1. The molecule has 6 nitrogen and oxygen atoms in total. The van der Waals surface area contributed by atoms with Crippen molar-refractivity contribution in [3.8, 4) is 0 Å². The van der Waals surface area contributed by atoms with Crippen molar-refractivity contribution in [3.05, 3.63) is 35.1 Å². The number of carbonyl (C=O) groups excluding carboxylic acids is 1. The van der Waals surface area contributed by atoms with Crippen LogP contribution in [0.25, 0.3) is 0 Å². The minimum absolute atomic E-state index is 0.175. The van der Waals surface area contributed by atoms with Crippen LogP contribution < -0.4 is 15.5 Å². The first kappa shape index (κ1) is 13.6. The van der Waals surface area contributed by atoms with Crippen LogP contribution in [0.1, 0.15) is 17.3 Å². The lowest BCUT2D eigenvalue weighted by Crippen LogP contribution is -2.25. The van der Waals surface area contributed by atoms with Crippen molar-refractivity contribution in [1.82, 2.24) is 9.97 Å². The van der Waals surface area contributed by atoms with Crippen LogP contribution in [0.3, 0.4) is 0 Å². The van der Waals surface area contributed by atoms with Crippen molar-refractivity contribution in [3.63, 3.8) is 0 Å². The maximum Gasteiger partial charge on any atom is 0.261 e. The van der Waals surface area contributed by atoms with E-state index in [1.807, 2.05) is 11.8 Å². The highest BCUT2D eigenvalue weighted by Crippen LogP contribution is 2.38. The van der Waals surface area contributed by atoms with Crippen molar-refractivity contribution < 1.29 is 4.79 Å². The van der Waals surface area contributed by atoms with E-state index in [1.165, 1.54) is 11.1 Å². The number of aromatic nitrogens is 2. The molecular formula is C14H14ClN5O. The van der Waals surface area contributed by atoms with E-state index >= 15 is 0 Å². The molecule has 0 bridgehead atoms. The van der Waals surface area contributed by atoms with Crippen molar-refractivity contribution in [1.29, 1.82) is 0 Å². The lowest BCUT2D eigenvalue weighted by atomic mass is 10.2. The number of nitrogen functional groups attached to an aromatic ring is 1. The van der Waals surface area contributed by atoms with Crippen molar-refractivity contribution >= 4 is 40.5 Å². The van der Waals surface area contributed by atoms with Crippen LogP contribution >= 0.6 is 11.6 Å². The summed E-state index contributed by atoms with van der Waals surface area (Å²) in [5.41, 5.74) is 7.35. The summed E-state index contributed by atoms with van der Waals surface area (Å²) in [5, 5.41) is 0.368. The second-order valence-electron chi connectivity index (χ2n) is 4.72. The Bertz CT molecular complexity index is 733. The SMILES string of the molecule is CCN1c2ncc(N)cc2C(=O)N(C)c2ccc(Cl)nc21. The first-order chi connectivity index (χ1) is 10.0. The van der Waals surface area contributed by atoms with Crippen LogP contribution in [-0.4, -0.2) is 29.5 Å². The Morgan fingerprint density at radius 1 is 1.33 bits per heavy atom. The molecule has 0 fully saturated rings. The zero-order valence-corrected chi connectivity index (χ0v) is 12.4. The lowest BCUT2D eigenvalue weighted by molar-refractivity contribution is 0.0994. The molecule has 3 rings (SSSR count). The van der Waals surface area contributed by atoms with Crippen LogP contribution in [0.15, 0.2) is 24.4 Å². The van der Waals surface area contributed by atoms with Gasteiger partial charge in [0.2, 0.25) is 0 Å². The average Bonchev–Trinajstić information content (AvgIpc) is 2.55. The van der Waals surface area contributed by atoms with Gasteiger partial charge < -0.3 is 15.5 Å². The van der Waals surface area contributed by atoms with Gasteiger partial charge in [0.1, 0.15) is 11.0 Å². The molecule has 1 aliphatic rings. The Kier molecular flexibility index (Phi) is 3.17. The van der Waals surface area contributed by atoms with E-state index in [0.29, 0.717) is 40.3 Å². The summed E-state index contributed by atoms with van der Waals surface area (Å²) in [6.45, 7) is 2.56. The molecule has 0 aromatic carbocycles. The third-order valence-corrected chi connectivity index (χ3v) is 3.64. The molecule has 0 aliphatic carbocycles. The van der Waals surface area contributed by atoms with Gasteiger partial charge in [-0.05, 0) is 25.1 Å². The minimum atomic E-state index is -0.175. The molecule has 0 saturated carbocycles. The normalized spacial score (nSPS) is 13.8. The second-order valence-corrected chi connectivity index (χ2v) is 5.11. The zero-order valence-electron chi connectivity index (χ0n) is 11.7. The second kappa shape index (κ2) is 4.89. The number of amides is 1. The molecule has 7 heteroatoms. The fourth-order valence-electron chi connectivity index (χ4n) is 2.41. The highest BCUT2D eigenvalue weighted by atomic mass is 35.5. The van der Waals surface area contributed by atoms with E-state index in [9.17, 15) is 4.79 Å². The Morgan fingerprint density at radius 2 is 2.10 bits per heavy atom. The predicted molar refractivity (Wildman–Crippen MR) is 83.3 cm³/mol. The van der Waals surface area contributed by atoms with Gasteiger partial charge in [0.05, 0.1) is 23.1 Å². The fraction of sp³-hybridized carbons (Fsp3) is 0.214. The molecule has 108 valence electrons. The Balaban J connectivity index is 2.32. The number of nitrogens with two attached hydrogens (primary N) is 1. The summed E-state index contributed by atoms with van der Waals surface area (Å²) in [6.07, 6.45) is 1.53. The molecule has 0 unspecified atom stereocenters. The number of fused-ring (bicyclic) bond motifs is 2. The van der Waals surface area contributed by atoms with Crippen LogP contribution in [0.2, 0.25) is 5.15 Å². The fourth-order valence-corrected chi connectivity index (χ4v) is 2.56. The molecule has 1 amide bonds. The van der Waals surface area contributed by atoms with Gasteiger partial charge in [-0.2, -0.15) is 0 Å². The maximum atomic E-state index is 12.6. The predicted octanol–water partition coefficient (Wildman–Crippen LogP) is 2.46. The summed E-state index contributed by atoms with van der Waals surface area (Å²) in [4.78, 5) is 24.7. The summed E-state index contributed by atoms with van der Waals surface area (Å²) in [5.74, 6) is 0.972. The van der Waals surface area contributed by atoms with Crippen molar-refractivity contribution in [2.75, 3.05) is 29.1 Å². The van der Waals surface area contributed by atoms with Gasteiger partial charge in [-0.15, -0.1) is 0 Å². The average molecular weight is 304 g/mol. The highest BCUT2D eigenvalue weighted by Gasteiger charge is 2.30. The van der Waals surface area contributed by atoms with Crippen molar-refractivity contribution in [2.45, 2.75) is 6.92 Å². The third kappa shape index (κ3) is 2.08. The van der Waals surface area contributed by atoms with E-state index in [0.717, 1.165) is 0 Å². The van der Waals surface area contributed by atoms with E-state index in [-0.39, 0.29) is 5.91 Å². The molecule has 3 heterocycles. The van der Waals surface area contributed by atoms with Gasteiger partial charge >= 0.3 is 0 Å². The molecule has 0 spiro atoms. The van der Waals surface area contributed by atoms with Crippen LogP contribution in [0.4, 0.5) is 23.0 Å². The van der Waals surface area contributed by atoms with Gasteiger partial charge in [0, 0.05) is 13.6 Å². The summed E-state index contributed by atoms with van der Waals surface area (Å²) in [6, 6.07) is 5.08. The third-order valence-electron chi connectivity index (χ3n) is 3.43. The van der Waals surface area contributed by atoms with Crippen molar-refractivity contribution in [2.24, 2.45) is 0 Å². The Labute approximate surface area is 127 Å². The maximum absolute atomic E-state index is 12.6. The van der Waals surface area contributed by atoms with E-state index in [4.69, 9.17) is 17.3 Å². The standard InChI is InChI=1S/C14H14ClN5O/c1-3-20-12-9(6-8(16)7-17-12)14(21)19(2)10-4-5-11(15)18-13(10)20/h4-7H,3,16H2,1-2H3. The topological polar surface area (TPSA) is 75.4 Å². The van der Waals surface area contributed by atoms with E-state index in [1.54, 1.807) is 25.2 Å². The molecule has 21 heavy (non-hydrogen) atoms. The summed E-state index contributed by atoms with van der Waals surface area (Å²) >= 11 is 6.01. The number of carbonyl (C=O) groups is 1. The number of rotatable bonds is 1. The van der Waals surface area contributed by atoms with Gasteiger partial charge in [0.25, 0.3) is 5.91 Å². The molecule has 2 aromatic rings. The van der Waals surface area contributed by atoms with Crippen LogP contribution in [0.5, 0.6) is 0 Å². The molecule has 2 N–H and O–H groups in total. The number of anilines is 4. The Morgan fingerprint density at radius 3 is 2.81 bits per heavy atom. The van der Waals surface area contributed by atoms with Gasteiger partial charge in [-0.1, -0.05) is 11.6 Å². The Hall–Kier alpha value is -2.34. The minimum Gasteiger partial charge on any atom is -0.397 e. The molecular weight excluding hydrogens is 290 g/mol. The number of nitrogens with zero attached hydrogens (tertiary/aromatic N) is 4. The molecule has 2 aromatic heterocycles. The quantitative estimate of drug-likeness (QED) is 0.819. The molecule has 0 atom stereocenters. The lowest BCUT2D eigenvalue weighted by Gasteiger charge is -2.22. The number of hydrogen-bond donors (Lipinski definition) is 1. The van der Waals surface area contributed by atoms with E-state index < -0.39 is 0 Å². The van der Waals surface area contributed by atoms with Gasteiger partial charge in [0.15, 0.2) is 5.82 Å². The first-order valence-electron chi connectivity index (χ1n) is 6.50.